The van der Waals surface area contributed by atoms with Crippen LogP contribution in [0.4, 0.5) is 0 Å². The standard InChI is InChI=1S/C17H20ClN3O2/c1-12-9-14(18)4-5-15(12)23-11-16(22)21-8-2-3-13(10-21)17-19-6-7-20-17/h4-7,9,13H,2-3,8,10-11H2,1H3,(H,19,20)/t13-/m1/s1. The van der Waals surface area contributed by atoms with Crippen LogP contribution in [0.3, 0.4) is 0 Å². The molecule has 1 saturated heterocycles. The van der Waals surface area contributed by atoms with Crippen LogP contribution in [0.5, 0.6) is 5.75 Å². The molecule has 1 aromatic heterocycles. The van der Waals surface area contributed by atoms with E-state index in [0.29, 0.717) is 17.3 Å². The maximum Gasteiger partial charge on any atom is 0.260 e. The first-order chi connectivity index (χ1) is 11.1. The summed E-state index contributed by atoms with van der Waals surface area (Å²) in [6.45, 7) is 3.43. The highest BCUT2D eigenvalue weighted by molar-refractivity contribution is 6.30. The summed E-state index contributed by atoms with van der Waals surface area (Å²) in [6.07, 6.45) is 5.61. The van der Waals surface area contributed by atoms with Crippen LogP contribution in [0.1, 0.15) is 30.1 Å². The van der Waals surface area contributed by atoms with Gasteiger partial charge in [0.05, 0.1) is 0 Å². The second kappa shape index (κ2) is 7.04. The van der Waals surface area contributed by atoms with E-state index in [1.54, 1.807) is 18.3 Å². The number of carbonyl (C=O) groups excluding carboxylic acids is 1. The molecule has 1 amide bonds. The van der Waals surface area contributed by atoms with Gasteiger partial charge in [-0.2, -0.15) is 0 Å². The minimum Gasteiger partial charge on any atom is -0.483 e. The molecular weight excluding hydrogens is 314 g/mol. The summed E-state index contributed by atoms with van der Waals surface area (Å²) in [5, 5.41) is 0.665. The van der Waals surface area contributed by atoms with Crippen molar-refractivity contribution in [2.45, 2.75) is 25.7 Å². The first-order valence-corrected chi connectivity index (χ1v) is 8.17. The second-order valence-electron chi connectivity index (χ2n) is 5.85. The van der Waals surface area contributed by atoms with Crippen LogP contribution >= 0.6 is 11.6 Å². The Balaban J connectivity index is 1.57. The number of rotatable bonds is 4. The highest BCUT2D eigenvalue weighted by atomic mass is 35.5. The molecule has 5 nitrogen and oxygen atoms in total. The minimum atomic E-state index is 0.00982. The number of aromatic nitrogens is 2. The maximum absolute atomic E-state index is 12.4. The molecule has 0 aliphatic carbocycles. The summed E-state index contributed by atoms with van der Waals surface area (Å²) < 4.78 is 5.66. The number of benzene rings is 1. The van der Waals surface area contributed by atoms with Crippen LogP contribution in [0.15, 0.2) is 30.6 Å². The zero-order valence-corrected chi connectivity index (χ0v) is 13.8. The summed E-state index contributed by atoms with van der Waals surface area (Å²) in [5.41, 5.74) is 0.928. The third-order valence-corrected chi connectivity index (χ3v) is 4.40. The molecule has 3 rings (SSSR count). The average Bonchev–Trinajstić information content (AvgIpc) is 3.08. The van der Waals surface area contributed by atoms with Gasteiger partial charge < -0.3 is 14.6 Å². The summed E-state index contributed by atoms with van der Waals surface area (Å²) in [6, 6.07) is 5.39. The fraction of sp³-hybridized carbons (Fsp3) is 0.412. The number of ether oxygens (including phenoxy) is 1. The third-order valence-electron chi connectivity index (χ3n) is 4.17. The molecule has 1 N–H and O–H groups in total. The Morgan fingerprint density at radius 3 is 3.13 bits per heavy atom. The lowest BCUT2D eigenvalue weighted by Gasteiger charge is -2.31. The largest absolute Gasteiger partial charge is 0.483 e. The number of likely N-dealkylation sites (tertiary alicyclic amines) is 1. The van der Waals surface area contributed by atoms with Gasteiger partial charge in [0.1, 0.15) is 11.6 Å². The average molecular weight is 334 g/mol. The first kappa shape index (κ1) is 15.9. The van der Waals surface area contributed by atoms with Crippen molar-refractivity contribution in [3.63, 3.8) is 0 Å². The second-order valence-corrected chi connectivity index (χ2v) is 6.29. The number of nitrogens with one attached hydrogen (secondary N) is 1. The summed E-state index contributed by atoms with van der Waals surface area (Å²) in [5.74, 6) is 1.94. The van der Waals surface area contributed by atoms with E-state index in [2.05, 4.69) is 9.97 Å². The van der Waals surface area contributed by atoms with Crippen molar-refractivity contribution in [1.82, 2.24) is 14.9 Å². The fourth-order valence-corrected chi connectivity index (χ4v) is 3.16. The number of nitrogens with zero attached hydrogens (tertiary/aromatic N) is 2. The molecule has 23 heavy (non-hydrogen) atoms. The predicted octanol–water partition coefficient (Wildman–Crippen LogP) is 3.16. The van der Waals surface area contributed by atoms with Gasteiger partial charge >= 0.3 is 0 Å². The minimum absolute atomic E-state index is 0.00982. The van der Waals surface area contributed by atoms with Crippen LogP contribution in [0, 0.1) is 6.92 Å². The predicted molar refractivity (Wildman–Crippen MR) is 88.8 cm³/mol. The Hall–Kier alpha value is -2.01. The van der Waals surface area contributed by atoms with Gasteiger partial charge in [-0.1, -0.05) is 11.6 Å². The van der Waals surface area contributed by atoms with Crippen molar-refractivity contribution in [3.05, 3.63) is 47.0 Å². The Bertz CT molecular complexity index is 672. The normalized spacial score (nSPS) is 18.0. The van der Waals surface area contributed by atoms with Crippen molar-refractivity contribution in [3.8, 4) is 5.75 Å². The lowest BCUT2D eigenvalue weighted by atomic mass is 9.97. The number of aryl methyl sites for hydroxylation is 1. The number of halogens is 1. The smallest absolute Gasteiger partial charge is 0.260 e. The number of imidazole rings is 1. The molecule has 1 aromatic carbocycles. The van der Waals surface area contributed by atoms with Crippen LogP contribution in [0.2, 0.25) is 5.02 Å². The van der Waals surface area contributed by atoms with Crippen molar-refractivity contribution in [2.24, 2.45) is 0 Å². The van der Waals surface area contributed by atoms with E-state index in [-0.39, 0.29) is 18.4 Å². The number of piperidine rings is 1. The zero-order chi connectivity index (χ0) is 16.2. The van der Waals surface area contributed by atoms with E-state index in [4.69, 9.17) is 16.3 Å². The molecule has 0 spiro atoms. The zero-order valence-electron chi connectivity index (χ0n) is 13.1. The van der Waals surface area contributed by atoms with E-state index in [9.17, 15) is 4.79 Å². The van der Waals surface area contributed by atoms with Crippen molar-refractivity contribution in [2.75, 3.05) is 19.7 Å². The maximum atomic E-state index is 12.4. The van der Waals surface area contributed by atoms with E-state index >= 15 is 0 Å². The molecule has 2 heterocycles. The molecule has 0 unspecified atom stereocenters. The van der Waals surface area contributed by atoms with E-state index in [1.807, 2.05) is 24.1 Å². The lowest BCUT2D eigenvalue weighted by Crippen LogP contribution is -2.41. The number of aromatic amines is 1. The number of H-pyrrole nitrogens is 1. The summed E-state index contributed by atoms with van der Waals surface area (Å²) >= 11 is 5.93. The Morgan fingerprint density at radius 2 is 2.39 bits per heavy atom. The van der Waals surface area contributed by atoms with Crippen molar-refractivity contribution >= 4 is 17.5 Å². The third kappa shape index (κ3) is 3.85. The molecule has 1 atom stereocenters. The molecule has 122 valence electrons. The van der Waals surface area contributed by atoms with Gasteiger partial charge in [0, 0.05) is 36.4 Å². The lowest BCUT2D eigenvalue weighted by molar-refractivity contribution is -0.134. The van der Waals surface area contributed by atoms with Crippen molar-refractivity contribution < 1.29 is 9.53 Å². The quantitative estimate of drug-likeness (QED) is 0.935. The summed E-state index contributed by atoms with van der Waals surface area (Å²) in [4.78, 5) is 21.7. The van der Waals surface area contributed by atoms with E-state index < -0.39 is 0 Å². The topological polar surface area (TPSA) is 58.2 Å². The molecular formula is C17H20ClN3O2. The Labute approximate surface area is 140 Å². The molecule has 0 bridgehead atoms. The van der Waals surface area contributed by atoms with Gasteiger partial charge in [-0.3, -0.25) is 4.79 Å². The molecule has 2 aromatic rings. The van der Waals surface area contributed by atoms with Crippen LogP contribution in [0.25, 0.3) is 0 Å². The van der Waals surface area contributed by atoms with Crippen LogP contribution < -0.4 is 4.74 Å². The van der Waals surface area contributed by atoms with Gasteiger partial charge in [0.25, 0.3) is 5.91 Å². The molecule has 1 fully saturated rings. The highest BCUT2D eigenvalue weighted by Gasteiger charge is 2.26. The van der Waals surface area contributed by atoms with Gasteiger partial charge in [-0.25, -0.2) is 4.98 Å². The van der Waals surface area contributed by atoms with E-state index in [0.717, 1.165) is 30.8 Å². The first-order valence-electron chi connectivity index (χ1n) is 7.79. The molecule has 0 radical (unpaired) electrons. The Morgan fingerprint density at radius 1 is 1.52 bits per heavy atom. The van der Waals surface area contributed by atoms with Gasteiger partial charge in [0.15, 0.2) is 6.61 Å². The fourth-order valence-electron chi connectivity index (χ4n) is 2.93. The molecule has 1 aliphatic heterocycles. The molecule has 0 saturated carbocycles. The van der Waals surface area contributed by atoms with Crippen molar-refractivity contribution in [1.29, 1.82) is 0 Å². The molecule has 1 aliphatic rings. The van der Waals surface area contributed by atoms with Crippen LogP contribution in [-0.4, -0.2) is 40.5 Å². The highest BCUT2D eigenvalue weighted by Crippen LogP contribution is 2.25. The van der Waals surface area contributed by atoms with Gasteiger partial charge in [-0.15, -0.1) is 0 Å². The summed E-state index contributed by atoms with van der Waals surface area (Å²) in [7, 11) is 0. The van der Waals surface area contributed by atoms with Gasteiger partial charge in [-0.05, 0) is 43.5 Å². The van der Waals surface area contributed by atoms with E-state index in [1.165, 1.54) is 0 Å². The number of hydrogen-bond donors (Lipinski definition) is 1. The number of carbonyl (C=O) groups is 1. The molecule has 6 heteroatoms. The number of amides is 1. The number of hydrogen-bond acceptors (Lipinski definition) is 3. The van der Waals surface area contributed by atoms with Crippen LogP contribution in [-0.2, 0) is 4.79 Å². The SMILES string of the molecule is Cc1cc(Cl)ccc1OCC(=O)N1CCC[C@@H](c2ncc[nH]2)C1. The Kier molecular flexibility index (Phi) is 4.86. The monoisotopic (exact) mass is 333 g/mol. The van der Waals surface area contributed by atoms with Gasteiger partial charge in [0.2, 0.25) is 0 Å².